The van der Waals surface area contributed by atoms with Gasteiger partial charge in [0.05, 0.1) is 31.5 Å². The molecule has 0 aliphatic carbocycles. The molecule has 6 nitrogen and oxygen atoms in total. The number of hydrogen-bond donors (Lipinski definition) is 1. The maximum atomic E-state index is 14.1. The van der Waals surface area contributed by atoms with Crippen molar-refractivity contribution in [3.05, 3.63) is 40.4 Å². The maximum absolute atomic E-state index is 14.1. The Bertz CT molecular complexity index is 765. The summed E-state index contributed by atoms with van der Waals surface area (Å²) in [6, 6.07) is 2.36. The lowest BCUT2D eigenvalue weighted by Crippen LogP contribution is -2.07. The molecule has 1 heterocycles. The number of anilines is 1. The van der Waals surface area contributed by atoms with E-state index in [1.165, 1.54) is 23.6 Å². The van der Waals surface area contributed by atoms with Gasteiger partial charge in [0.1, 0.15) is 0 Å². The van der Waals surface area contributed by atoms with Gasteiger partial charge < -0.3 is 9.47 Å². The van der Waals surface area contributed by atoms with Crippen LogP contribution in [0, 0.1) is 11.6 Å². The van der Waals surface area contributed by atoms with E-state index in [4.69, 9.17) is 9.47 Å². The van der Waals surface area contributed by atoms with Crippen molar-refractivity contribution in [1.82, 2.24) is 4.98 Å². The van der Waals surface area contributed by atoms with E-state index in [1.807, 2.05) is 0 Å². The molecule has 0 unspecified atom stereocenters. The fourth-order valence-corrected chi connectivity index (χ4v) is 2.54. The average Bonchev–Trinajstić information content (AvgIpc) is 3.01. The van der Waals surface area contributed by atoms with Crippen LogP contribution in [0.4, 0.5) is 13.9 Å². The number of hydrazone groups is 1. The van der Waals surface area contributed by atoms with Crippen molar-refractivity contribution < 1.29 is 23.0 Å². The van der Waals surface area contributed by atoms with E-state index in [9.17, 15) is 13.6 Å². The van der Waals surface area contributed by atoms with Gasteiger partial charge in [0.25, 0.3) is 0 Å². The average molecular weight is 369 g/mol. The monoisotopic (exact) mass is 369 g/mol. The van der Waals surface area contributed by atoms with Crippen molar-refractivity contribution in [2.24, 2.45) is 5.10 Å². The molecule has 0 aliphatic rings. The predicted molar refractivity (Wildman–Crippen MR) is 91.2 cm³/mol. The molecule has 1 N–H and O–H groups in total. The lowest BCUT2D eigenvalue weighted by atomic mass is 10.2. The van der Waals surface area contributed by atoms with Crippen molar-refractivity contribution in [3.8, 4) is 5.75 Å². The molecule has 0 saturated carbocycles. The molecule has 2 aromatic rings. The van der Waals surface area contributed by atoms with Crippen LogP contribution in [0.3, 0.4) is 0 Å². The molecule has 0 fully saturated rings. The van der Waals surface area contributed by atoms with E-state index in [-0.39, 0.29) is 24.6 Å². The molecular weight excluding hydrogens is 352 g/mol. The van der Waals surface area contributed by atoms with Crippen LogP contribution in [0.25, 0.3) is 0 Å². The lowest BCUT2D eigenvalue weighted by Gasteiger charge is -2.07. The summed E-state index contributed by atoms with van der Waals surface area (Å²) in [4.78, 5) is 15.5. The maximum Gasteiger partial charge on any atom is 0.311 e. The standard InChI is InChI=1S/C16H17F2N3O3S/c1-3-23-13(22)7-11-9-25-16(20-11)21-19-8-10-5-6-12(17)15(14(10)18)24-4-2/h5-6,8-9H,3-4,7H2,1-2H3,(H,20,21). The second kappa shape index (κ2) is 9.07. The number of carbonyl (C=O) groups is 1. The van der Waals surface area contributed by atoms with Crippen LogP contribution < -0.4 is 10.2 Å². The summed E-state index contributed by atoms with van der Waals surface area (Å²) in [6.07, 6.45) is 1.27. The summed E-state index contributed by atoms with van der Waals surface area (Å²) in [5.74, 6) is -2.39. The number of esters is 1. The minimum atomic E-state index is -0.825. The first-order valence-electron chi connectivity index (χ1n) is 7.55. The Hall–Kier alpha value is -2.55. The van der Waals surface area contributed by atoms with Gasteiger partial charge in [-0.25, -0.2) is 13.8 Å². The number of nitrogens with zero attached hydrogens (tertiary/aromatic N) is 2. The van der Waals surface area contributed by atoms with E-state index in [0.29, 0.717) is 17.4 Å². The fourth-order valence-electron chi connectivity index (χ4n) is 1.88. The molecule has 1 aromatic heterocycles. The van der Waals surface area contributed by atoms with Gasteiger partial charge in [-0.3, -0.25) is 10.2 Å². The molecule has 0 radical (unpaired) electrons. The summed E-state index contributed by atoms with van der Waals surface area (Å²) < 4.78 is 37.4. The first-order chi connectivity index (χ1) is 12.0. The smallest absolute Gasteiger partial charge is 0.311 e. The Morgan fingerprint density at radius 3 is 2.88 bits per heavy atom. The zero-order chi connectivity index (χ0) is 18.2. The van der Waals surface area contributed by atoms with E-state index < -0.39 is 17.4 Å². The van der Waals surface area contributed by atoms with Gasteiger partial charge in [-0.15, -0.1) is 11.3 Å². The van der Waals surface area contributed by atoms with Crippen LogP contribution >= 0.6 is 11.3 Å². The van der Waals surface area contributed by atoms with Crippen molar-refractivity contribution >= 4 is 28.7 Å². The lowest BCUT2D eigenvalue weighted by molar-refractivity contribution is -0.142. The molecule has 1 aromatic carbocycles. The van der Waals surface area contributed by atoms with Crippen LogP contribution in [0.5, 0.6) is 5.75 Å². The third kappa shape index (κ3) is 5.21. The largest absolute Gasteiger partial charge is 0.488 e. The Kier molecular flexibility index (Phi) is 6.81. The van der Waals surface area contributed by atoms with Crippen LogP contribution in [-0.2, 0) is 16.0 Å². The zero-order valence-corrected chi connectivity index (χ0v) is 14.5. The number of hydrogen-bond acceptors (Lipinski definition) is 7. The topological polar surface area (TPSA) is 72.8 Å². The van der Waals surface area contributed by atoms with Crippen molar-refractivity contribution in [2.45, 2.75) is 20.3 Å². The van der Waals surface area contributed by atoms with E-state index in [1.54, 1.807) is 19.2 Å². The normalized spacial score (nSPS) is 10.9. The Balaban J connectivity index is 2.01. The zero-order valence-electron chi connectivity index (χ0n) is 13.7. The Morgan fingerprint density at radius 1 is 1.36 bits per heavy atom. The van der Waals surface area contributed by atoms with Gasteiger partial charge in [0, 0.05) is 10.9 Å². The summed E-state index contributed by atoms with van der Waals surface area (Å²) in [7, 11) is 0. The number of halogens is 2. The highest BCUT2D eigenvalue weighted by atomic mass is 32.1. The second-order valence-electron chi connectivity index (χ2n) is 4.71. The van der Waals surface area contributed by atoms with Gasteiger partial charge in [-0.1, -0.05) is 0 Å². The summed E-state index contributed by atoms with van der Waals surface area (Å²) in [5.41, 5.74) is 3.25. The number of aromatic nitrogens is 1. The van der Waals surface area contributed by atoms with Gasteiger partial charge in [0.15, 0.2) is 17.4 Å². The highest BCUT2D eigenvalue weighted by Gasteiger charge is 2.13. The molecule has 0 spiro atoms. The number of benzene rings is 1. The SMILES string of the molecule is CCOC(=O)Cc1csc(NN=Cc2ccc(F)c(OCC)c2F)n1. The summed E-state index contributed by atoms with van der Waals surface area (Å²) >= 11 is 1.24. The molecule has 0 saturated heterocycles. The highest BCUT2D eigenvalue weighted by molar-refractivity contribution is 7.13. The van der Waals surface area contributed by atoms with E-state index >= 15 is 0 Å². The quantitative estimate of drug-likeness (QED) is 0.439. The van der Waals surface area contributed by atoms with Gasteiger partial charge in [0.2, 0.25) is 5.13 Å². The minimum Gasteiger partial charge on any atom is -0.488 e. The third-order valence-corrected chi connectivity index (χ3v) is 3.71. The predicted octanol–water partition coefficient (Wildman–Crippen LogP) is 3.37. The van der Waals surface area contributed by atoms with Crippen LogP contribution in [0.2, 0.25) is 0 Å². The Labute approximate surface area is 147 Å². The molecular formula is C16H17F2N3O3S. The molecule has 134 valence electrons. The van der Waals surface area contributed by atoms with Crippen molar-refractivity contribution in [3.63, 3.8) is 0 Å². The van der Waals surface area contributed by atoms with Gasteiger partial charge in [-0.05, 0) is 26.0 Å². The molecule has 0 atom stereocenters. The van der Waals surface area contributed by atoms with Crippen molar-refractivity contribution in [2.75, 3.05) is 18.6 Å². The summed E-state index contributed by atoms with van der Waals surface area (Å²) in [6.45, 7) is 3.82. The van der Waals surface area contributed by atoms with Crippen LogP contribution in [0.1, 0.15) is 25.1 Å². The fraction of sp³-hybridized carbons (Fsp3) is 0.312. The molecule has 0 bridgehead atoms. The molecule has 25 heavy (non-hydrogen) atoms. The van der Waals surface area contributed by atoms with Crippen LogP contribution in [0.15, 0.2) is 22.6 Å². The van der Waals surface area contributed by atoms with Crippen LogP contribution in [-0.4, -0.2) is 30.4 Å². The second-order valence-corrected chi connectivity index (χ2v) is 5.57. The third-order valence-electron chi connectivity index (χ3n) is 2.91. The van der Waals surface area contributed by atoms with Gasteiger partial charge in [-0.2, -0.15) is 5.10 Å². The number of thiazole rings is 1. The Morgan fingerprint density at radius 2 is 2.16 bits per heavy atom. The number of nitrogens with one attached hydrogen (secondary N) is 1. The number of carbonyl (C=O) groups excluding carboxylic acids is 1. The first kappa shape index (κ1) is 18.8. The van der Waals surface area contributed by atoms with Crippen molar-refractivity contribution in [1.29, 1.82) is 0 Å². The molecule has 2 rings (SSSR count). The highest BCUT2D eigenvalue weighted by Crippen LogP contribution is 2.24. The number of rotatable bonds is 8. The van der Waals surface area contributed by atoms with E-state index in [2.05, 4.69) is 15.5 Å². The number of ether oxygens (including phenoxy) is 2. The van der Waals surface area contributed by atoms with Gasteiger partial charge >= 0.3 is 5.97 Å². The first-order valence-corrected chi connectivity index (χ1v) is 8.43. The molecule has 0 aliphatic heterocycles. The van der Waals surface area contributed by atoms with E-state index in [0.717, 1.165) is 6.07 Å². The minimum absolute atomic E-state index is 0.0695. The molecule has 0 amide bonds. The molecule has 9 heteroatoms. The summed E-state index contributed by atoms with van der Waals surface area (Å²) in [5, 5.41) is 6.00.